The second kappa shape index (κ2) is 5.08. The van der Waals surface area contributed by atoms with E-state index in [4.69, 9.17) is 9.47 Å². The van der Waals surface area contributed by atoms with Gasteiger partial charge in [0, 0.05) is 0 Å². The minimum atomic E-state index is -0.177. The van der Waals surface area contributed by atoms with Crippen LogP contribution in [-0.4, -0.2) is 11.2 Å². The van der Waals surface area contributed by atoms with Crippen molar-refractivity contribution < 1.29 is 9.47 Å². The Kier molecular flexibility index (Phi) is 4.75. The summed E-state index contributed by atoms with van der Waals surface area (Å²) in [6.45, 7) is 15.3. The lowest BCUT2D eigenvalue weighted by Crippen LogP contribution is -2.29. The summed E-state index contributed by atoms with van der Waals surface area (Å²) in [4.78, 5) is 0. The summed E-state index contributed by atoms with van der Waals surface area (Å²) in [6.07, 6.45) is 4.81. The SMILES string of the molecule is C=COC(C)(C)CCC(C)(C)OC=C. The fourth-order valence-corrected chi connectivity index (χ4v) is 1.17. The first-order valence-electron chi connectivity index (χ1n) is 4.90. The Balaban J connectivity index is 4.02. The van der Waals surface area contributed by atoms with Gasteiger partial charge in [-0.1, -0.05) is 13.2 Å². The van der Waals surface area contributed by atoms with Crippen LogP contribution in [0.5, 0.6) is 0 Å². The fourth-order valence-electron chi connectivity index (χ4n) is 1.17. The van der Waals surface area contributed by atoms with E-state index in [0.29, 0.717) is 0 Å². The van der Waals surface area contributed by atoms with Gasteiger partial charge in [-0.05, 0) is 40.5 Å². The smallest absolute Gasteiger partial charge is 0.103 e. The highest BCUT2D eigenvalue weighted by atomic mass is 16.5. The minimum Gasteiger partial charge on any atom is -0.496 e. The van der Waals surface area contributed by atoms with Crippen LogP contribution in [0.3, 0.4) is 0 Å². The number of hydrogen-bond donors (Lipinski definition) is 0. The maximum atomic E-state index is 5.39. The molecule has 0 aromatic rings. The van der Waals surface area contributed by atoms with E-state index >= 15 is 0 Å². The Hall–Kier alpha value is -0.920. The molecule has 0 rings (SSSR count). The standard InChI is InChI=1S/C12H22O2/c1-7-13-11(3,4)9-10-12(5,6)14-8-2/h7-8H,1-2,9-10H2,3-6H3. The summed E-state index contributed by atoms with van der Waals surface area (Å²) in [5.41, 5.74) is -0.354. The summed E-state index contributed by atoms with van der Waals surface area (Å²) in [5.74, 6) is 0. The van der Waals surface area contributed by atoms with Crippen LogP contribution in [0.15, 0.2) is 25.7 Å². The molecule has 0 amide bonds. The highest BCUT2D eigenvalue weighted by Gasteiger charge is 2.25. The summed E-state index contributed by atoms with van der Waals surface area (Å²) in [5, 5.41) is 0. The van der Waals surface area contributed by atoms with Crippen molar-refractivity contribution in [2.45, 2.75) is 51.7 Å². The predicted molar refractivity (Wildman–Crippen MR) is 60.0 cm³/mol. The van der Waals surface area contributed by atoms with Crippen LogP contribution in [0.2, 0.25) is 0 Å². The molecular weight excluding hydrogens is 176 g/mol. The summed E-state index contributed by atoms with van der Waals surface area (Å²) in [7, 11) is 0. The van der Waals surface area contributed by atoms with Crippen molar-refractivity contribution in [3.05, 3.63) is 25.7 Å². The fraction of sp³-hybridized carbons (Fsp3) is 0.667. The van der Waals surface area contributed by atoms with Crippen LogP contribution in [0, 0.1) is 0 Å². The van der Waals surface area contributed by atoms with Gasteiger partial charge in [0.25, 0.3) is 0 Å². The molecule has 0 N–H and O–H groups in total. The van der Waals surface area contributed by atoms with Crippen LogP contribution in [0.4, 0.5) is 0 Å². The maximum absolute atomic E-state index is 5.39. The van der Waals surface area contributed by atoms with Gasteiger partial charge >= 0.3 is 0 Å². The molecule has 0 aliphatic heterocycles. The summed E-state index contributed by atoms with van der Waals surface area (Å²) >= 11 is 0. The average Bonchev–Trinajstić information content (AvgIpc) is 2.01. The number of hydrogen-bond acceptors (Lipinski definition) is 2. The highest BCUT2D eigenvalue weighted by molar-refractivity contribution is 4.79. The van der Waals surface area contributed by atoms with Gasteiger partial charge < -0.3 is 9.47 Å². The molecule has 0 aliphatic carbocycles. The average molecular weight is 198 g/mol. The zero-order valence-electron chi connectivity index (χ0n) is 9.80. The summed E-state index contributed by atoms with van der Waals surface area (Å²) < 4.78 is 10.8. The molecule has 0 spiro atoms. The molecule has 0 radical (unpaired) electrons. The number of rotatable bonds is 7. The molecule has 82 valence electrons. The van der Waals surface area contributed by atoms with E-state index in [2.05, 4.69) is 13.2 Å². The molecular formula is C12H22O2. The van der Waals surface area contributed by atoms with E-state index in [0.717, 1.165) is 12.8 Å². The monoisotopic (exact) mass is 198 g/mol. The first-order valence-corrected chi connectivity index (χ1v) is 4.90. The van der Waals surface area contributed by atoms with E-state index in [-0.39, 0.29) is 11.2 Å². The molecule has 2 nitrogen and oxygen atoms in total. The Bertz CT molecular complexity index is 170. The zero-order valence-corrected chi connectivity index (χ0v) is 9.80. The normalized spacial score (nSPS) is 12.0. The second-order valence-corrected chi connectivity index (χ2v) is 4.59. The maximum Gasteiger partial charge on any atom is 0.103 e. The van der Waals surface area contributed by atoms with Gasteiger partial charge in [0.15, 0.2) is 0 Å². The van der Waals surface area contributed by atoms with Crippen molar-refractivity contribution in [3.8, 4) is 0 Å². The van der Waals surface area contributed by atoms with Gasteiger partial charge in [0.2, 0.25) is 0 Å². The molecule has 0 aromatic heterocycles. The molecule has 0 saturated carbocycles. The first kappa shape index (κ1) is 13.1. The molecule has 0 aliphatic rings. The van der Waals surface area contributed by atoms with Crippen molar-refractivity contribution in [2.24, 2.45) is 0 Å². The van der Waals surface area contributed by atoms with Crippen LogP contribution in [0.25, 0.3) is 0 Å². The lowest BCUT2D eigenvalue weighted by Gasteiger charge is -2.30. The van der Waals surface area contributed by atoms with Crippen LogP contribution in [-0.2, 0) is 9.47 Å². The molecule has 0 unspecified atom stereocenters. The highest BCUT2D eigenvalue weighted by Crippen LogP contribution is 2.24. The van der Waals surface area contributed by atoms with Gasteiger partial charge in [-0.15, -0.1) is 0 Å². The molecule has 0 aromatic carbocycles. The van der Waals surface area contributed by atoms with E-state index in [1.54, 1.807) is 0 Å². The molecule has 0 heterocycles. The van der Waals surface area contributed by atoms with Crippen LogP contribution in [0.1, 0.15) is 40.5 Å². The van der Waals surface area contributed by atoms with E-state index in [9.17, 15) is 0 Å². The zero-order chi connectivity index (χ0) is 11.2. The van der Waals surface area contributed by atoms with E-state index in [1.807, 2.05) is 27.7 Å². The van der Waals surface area contributed by atoms with Crippen LogP contribution >= 0.6 is 0 Å². The quantitative estimate of drug-likeness (QED) is 0.581. The third-order valence-corrected chi connectivity index (χ3v) is 2.13. The summed E-state index contributed by atoms with van der Waals surface area (Å²) in [6, 6.07) is 0. The number of ether oxygens (including phenoxy) is 2. The lowest BCUT2D eigenvalue weighted by molar-refractivity contribution is 0.000429. The molecule has 0 atom stereocenters. The molecule has 0 fully saturated rings. The third kappa shape index (κ3) is 5.68. The Morgan fingerprint density at radius 1 is 0.857 bits per heavy atom. The first-order chi connectivity index (χ1) is 6.33. The molecule has 0 saturated heterocycles. The van der Waals surface area contributed by atoms with Crippen molar-refractivity contribution in [2.75, 3.05) is 0 Å². The van der Waals surface area contributed by atoms with Crippen molar-refractivity contribution in [1.82, 2.24) is 0 Å². The topological polar surface area (TPSA) is 18.5 Å². The van der Waals surface area contributed by atoms with E-state index in [1.165, 1.54) is 12.5 Å². The minimum absolute atomic E-state index is 0.177. The third-order valence-electron chi connectivity index (χ3n) is 2.13. The van der Waals surface area contributed by atoms with Gasteiger partial charge in [-0.2, -0.15) is 0 Å². The van der Waals surface area contributed by atoms with E-state index < -0.39 is 0 Å². The largest absolute Gasteiger partial charge is 0.496 e. The van der Waals surface area contributed by atoms with Gasteiger partial charge in [-0.25, -0.2) is 0 Å². The lowest BCUT2D eigenvalue weighted by atomic mass is 9.94. The Morgan fingerprint density at radius 3 is 1.36 bits per heavy atom. The predicted octanol–water partition coefficient (Wildman–Crippen LogP) is 3.64. The second-order valence-electron chi connectivity index (χ2n) is 4.59. The Morgan fingerprint density at radius 2 is 1.14 bits per heavy atom. The molecule has 0 bridgehead atoms. The van der Waals surface area contributed by atoms with Gasteiger partial charge in [0.05, 0.1) is 12.5 Å². The van der Waals surface area contributed by atoms with Gasteiger partial charge in [-0.3, -0.25) is 0 Å². The Labute approximate surface area is 87.6 Å². The van der Waals surface area contributed by atoms with Crippen LogP contribution < -0.4 is 0 Å². The molecule has 14 heavy (non-hydrogen) atoms. The molecule has 2 heteroatoms. The van der Waals surface area contributed by atoms with Crippen molar-refractivity contribution in [3.63, 3.8) is 0 Å². The van der Waals surface area contributed by atoms with Crippen molar-refractivity contribution in [1.29, 1.82) is 0 Å². The van der Waals surface area contributed by atoms with Crippen molar-refractivity contribution >= 4 is 0 Å². The van der Waals surface area contributed by atoms with Gasteiger partial charge in [0.1, 0.15) is 11.2 Å².